The Bertz CT molecular complexity index is 977. The third kappa shape index (κ3) is 4.14. The van der Waals surface area contributed by atoms with Gasteiger partial charge in [0.15, 0.2) is 0 Å². The Morgan fingerprint density at radius 2 is 2.04 bits per heavy atom. The van der Waals surface area contributed by atoms with Gasteiger partial charge in [0.05, 0.1) is 29.0 Å². The van der Waals surface area contributed by atoms with Crippen molar-refractivity contribution in [2.75, 3.05) is 18.9 Å². The Morgan fingerprint density at radius 3 is 2.61 bits per heavy atom. The zero-order chi connectivity index (χ0) is 20.4. The van der Waals surface area contributed by atoms with E-state index in [0.29, 0.717) is 0 Å². The number of carbonyl (C=O) groups is 2. The summed E-state index contributed by atoms with van der Waals surface area (Å²) in [6, 6.07) is 4.64. The molecule has 1 aliphatic carbocycles. The molecule has 2 amide bonds. The fourth-order valence-electron chi connectivity index (χ4n) is 2.69. The highest BCUT2D eigenvalue weighted by Gasteiger charge is 2.43. The van der Waals surface area contributed by atoms with Crippen LogP contribution in [-0.4, -0.2) is 46.4 Å². The van der Waals surface area contributed by atoms with Gasteiger partial charge in [-0.2, -0.15) is 5.26 Å². The van der Waals surface area contributed by atoms with Crippen LogP contribution >= 0.6 is 15.9 Å². The standard InChI is InChI=1S/C18H14BrF2N5O2/c1-26(8-14(27)25-18-23-6-9(5-22)7-24-18)17(28)10-2-3-12(19)16(21)15(10)11-4-13(11)20/h2-3,6-7,11,13H,4,8H2,1H3,(H,23,24,25,27)/t11-,13-/m1/s1. The van der Waals surface area contributed by atoms with Gasteiger partial charge in [-0.1, -0.05) is 0 Å². The lowest BCUT2D eigenvalue weighted by molar-refractivity contribution is -0.116. The summed E-state index contributed by atoms with van der Waals surface area (Å²) >= 11 is 3.05. The predicted molar refractivity (Wildman–Crippen MR) is 98.7 cm³/mol. The number of hydrogen-bond acceptors (Lipinski definition) is 5. The number of anilines is 1. The summed E-state index contributed by atoms with van der Waals surface area (Å²) < 4.78 is 28.1. The lowest BCUT2D eigenvalue weighted by atomic mass is 10.0. The molecule has 2 aromatic rings. The number of nitrogens with one attached hydrogen (secondary N) is 1. The Balaban J connectivity index is 1.71. The summed E-state index contributed by atoms with van der Waals surface area (Å²) in [5, 5.41) is 11.1. The van der Waals surface area contributed by atoms with E-state index in [2.05, 4.69) is 31.2 Å². The predicted octanol–water partition coefficient (Wildman–Crippen LogP) is 2.79. The van der Waals surface area contributed by atoms with Gasteiger partial charge in [0.1, 0.15) is 18.1 Å². The molecule has 0 aliphatic heterocycles. The number of halogens is 3. The minimum absolute atomic E-state index is 0.0153. The third-order valence-corrected chi connectivity index (χ3v) is 4.82. The quantitative estimate of drug-likeness (QED) is 0.756. The van der Waals surface area contributed by atoms with E-state index in [-0.39, 0.29) is 40.1 Å². The number of hydrogen-bond donors (Lipinski definition) is 1. The summed E-state index contributed by atoms with van der Waals surface area (Å²) in [6.45, 7) is -0.344. The third-order valence-electron chi connectivity index (χ3n) is 4.21. The average molecular weight is 450 g/mol. The second-order valence-electron chi connectivity index (χ2n) is 6.30. The number of alkyl halides is 1. The zero-order valence-electron chi connectivity index (χ0n) is 14.6. The van der Waals surface area contributed by atoms with E-state index in [1.54, 1.807) is 0 Å². The van der Waals surface area contributed by atoms with Gasteiger partial charge in [-0.3, -0.25) is 14.9 Å². The second-order valence-corrected chi connectivity index (χ2v) is 7.15. The van der Waals surface area contributed by atoms with Crippen LogP contribution in [0.25, 0.3) is 0 Å². The van der Waals surface area contributed by atoms with Gasteiger partial charge in [0, 0.05) is 24.1 Å². The topological polar surface area (TPSA) is 99.0 Å². The van der Waals surface area contributed by atoms with Crippen molar-refractivity contribution >= 4 is 33.7 Å². The van der Waals surface area contributed by atoms with Crippen LogP contribution in [-0.2, 0) is 4.79 Å². The summed E-state index contributed by atoms with van der Waals surface area (Å²) in [5.41, 5.74) is 0.284. The minimum Gasteiger partial charge on any atom is -0.332 e. The normalized spacial score (nSPS) is 17.5. The molecule has 1 fully saturated rings. The number of rotatable bonds is 5. The first-order valence-corrected chi connectivity index (χ1v) is 9.00. The molecule has 0 spiro atoms. The van der Waals surface area contributed by atoms with Gasteiger partial charge in [0.25, 0.3) is 5.91 Å². The highest BCUT2D eigenvalue weighted by atomic mass is 79.9. The molecule has 1 aromatic carbocycles. The Labute approximate surface area is 167 Å². The molecule has 2 atom stereocenters. The number of carbonyl (C=O) groups excluding carboxylic acids is 2. The largest absolute Gasteiger partial charge is 0.332 e. The number of likely N-dealkylation sites (N-methyl/N-ethyl adjacent to an activating group) is 1. The summed E-state index contributed by atoms with van der Waals surface area (Å²) in [4.78, 5) is 33.6. The molecule has 0 unspecified atom stereocenters. The Morgan fingerprint density at radius 1 is 1.39 bits per heavy atom. The Kier molecular flexibility index (Phi) is 5.65. The second kappa shape index (κ2) is 7.98. The fourth-order valence-corrected chi connectivity index (χ4v) is 3.03. The minimum atomic E-state index is -1.18. The van der Waals surface area contributed by atoms with E-state index in [0.717, 1.165) is 4.90 Å². The van der Waals surface area contributed by atoms with E-state index in [1.165, 1.54) is 31.6 Å². The van der Waals surface area contributed by atoms with Crippen molar-refractivity contribution in [3.05, 3.63) is 51.5 Å². The molecule has 28 heavy (non-hydrogen) atoms. The van der Waals surface area contributed by atoms with Crippen molar-refractivity contribution in [3.8, 4) is 6.07 Å². The summed E-state index contributed by atoms with van der Waals surface area (Å²) in [5.74, 6) is -2.52. The van der Waals surface area contributed by atoms with E-state index < -0.39 is 29.7 Å². The number of nitrogens with zero attached hydrogens (tertiary/aromatic N) is 4. The number of nitriles is 1. The highest BCUT2D eigenvalue weighted by Crippen LogP contribution is 2.47. The van der Waals surface area contributed by atoms with Crippen LogP contribution in [0.15, 0.2) is 29.0 Å². The van der Waals surface area contributed by atoms with Crippen molar-refractivity contribution in [1.29, 1.82) is 5.26 Å². The van der Waals surface area contributed by atoms with Crippen molar-refractivity contribution in [2.24, 2.45) is 0 Å². The molecule has 1 N–H and O–H groups in total. The van der Waals surface area contributed by atoms with Gasteiger partial charge in [-0.15, -0.1) is 0 Å². The zero-order valence-corrected chi connectivity index (χ0v) is 16.2. The summed E-state index contributed by atoms with van der Waals surface area (Å²) in [7, 11) is 1.38. The van der Waals surface area contributed by atoms with E-state index in [1.807, 2.05) is 6.07 Å². The molecule has 0 saturated heterocycles. The summed E-state index contributed by atoms with van der Waals surface area (Å²) in [6.07, 6.45) is 1.47. The molecule has 1 heterocycles. The molecule has 7 nitrogen and oxygen atoms in total. The molecule has 144 valence electrons. The van der Waals surface area contributed by atoms with Crippen molar-refractivity contribution < 1.29 is 18.4 Å². The lowest BCUT2D eigenvalue weighted by Crippen LogP contribution is -2.35. The Hall–Kier alpha value is -2.93. The number of benzene rings is 1. The lowest BCUT2D eigenvalue weighted by Gasteiger charge is -2.19. The maximum absolute atomic E-state index is 14.5. The first-order chi connectivity index (χ1) is 13.3. The molecule has 1 aromatic heterocycles. The van der Waals surface area contributed by atoms with Gasteiger partial charge in [-0.25, -0.2) is 18.7 Å². The van der Waals surface area contributed by atoms with Crippen LogP contribution in [0.5, 0.6) is 0 Å². The molecule has 0 radical (unpaired) electrons. The van der Waals surface area contributed by atoms with Gasteiger partial charge in [0.2, 0.25) is 11.9 Å². The molecular weight excluding hydrogens is 436 g/mol. The van der Waals surface area contributed by atoms with Gasteiger partial charge in [-0.05, 0) is 34.5 Å². The maximum Gasteiger partial charge on any atom is 0.254 e. The first-order valence-electron chi connectivity index (χ1n) is 8.21. The van der Waals surface area contributed by atoms with E-state index in [9.17, 15) is 18.4 Å². The van der Waals surface area contributed by atoms with Crippen LogP contribution in [0.4, 0.5) is 14.7 Å². The molecule has 1 saturated carbocycles. The van der Waals surface area contributed by atoms with Crippen LogP contribution in [0.1, 0.15) is 33.8 Å². The van der Waals surface area contributed by atoms with Crippen LogP contribution in [0, 0.1) is 17.1 Å². The van der Waals surface area contributed by atoms with E-state index in [4.69, 9.17) is 5.26 Å². The van der Waals surface area contributed by atoms with Crippen LogP contribution < -0.4 is 5.32 Å². The number of aromatic nitrogens is 2. The molecular formula is C18H14BrF2N5O2. The molecule has 1 aliphatic rings. The monoisotopic (exact) mass is 449 g/mol. The SMILES string of the molecule is CN(CC(=O)Nc1ncc(C#N)cn1)C(=O)c1ccc(Br)c(F)c1[C@@H]1C[C@H]1F. The van der Waals surface area contributed by atoms with Gasteiger partial charge >= 0.3 is 0 Å². The molecule has 0 bridgehead atoms. The average Bonchev–Trinajstić information content (AvgIpc) is 3.39. The van der Waals surface area contributed by atoms with Crippen LogP contribution in [0.2, 0.25) is 0 Å². The van der Waals surface area contributed by atoms with Crippen molar-refractivity contribution in [3.63, 3.8) is 0 Å². The van der Waals surface area contributed by atoms with Crippen molar-refractivity contribution in [1.82, 2.24) is 14.9 Å². The fraction of sp³-hybridized carbons (Fsp3) is 0.278. The van der Waals surface area contributed by atoms with Crippen molar-refractivity contribution in [2.45, 2.75) is 18.5 Å². The van der Waals surface area contributed by atoms with Gasteiger partial charge < -0.3 is 4.90 Å². The number of amides is 2. The smallest absolute Gasteiger partial charge is 0.254 e. The highest BCUT2D eigenvalue weighted by molar-refractivity contribution is 9.10. The maximum atomic E-state index is 14.5. The molecule has 3 rings (SSSR count). The van der Waals surface area contributed by atoms with Crippen LogP contribution in [0.3, 0.4) is 0 Å². The van der Waals surface area contributed by atoms with E-state index >= 15 is 0 Å². The first kappa shape index (κ1) is 19.8. The molecule has 10 heteroatoms.